The highest BCUT2D eigenvalue weighted by Crippen LogP contribution is 2.31. The minimum atomic E-state index is -0.310. The molecule has 0 aliphatic rings. The summed E-state index contributed by atoms with van der Waals surface area (Å²) >= 11 is 3.48. The molecule has 0 bridgehead atoms. The van der Waals surface area contributed by atoms with E-state index in [0.29, 0.717) is 22.2 Å². The lowest BCUT2D eigenvalue weighted by Gasteiger charge is -2.13. The summed E-state index contributed by atoms with van der Waals surface area (Å²) in [4.78, 5) is 12.7. The highest BCUT2D eigenvalue weighted by atomic mass is 79.9. The van der Waals surface area contributed by atoms with Gasteiger partial charge in [-0.2, -0.15) is 10.4 Å². The Morgan fingerprint density at radius 2 is 1.89 bits per heavy atom. The molecule has 0 saturated carbocycles. The Morgan fingerprint density at radius 3 is 2.59 bits per heavy atom. The minimum Gasteiger partial charge on any atom is -0.477 e. The fourth-order valence-electron chi connectivity index (χ4n) is 4.03. The molecule has 0 aliphatic carbocycles. The van der Waals surface area contributed by atoms with E-state index in [1.54, 1.807) is 24.4 Å². The third kappa shape index (κ3) is 6.05. The van der Waals surface area contributed by atoms with Gasteiger partial charge in [-0.25, -0.2) is 5.43 Å². The molecule has 1 heterocycles. The van der Waals surface area contributed by atoms with Gasteiger partial charge >= 0.3 is 0 Å². The number of aromatic nitrogens is 1. The van der Waals surface area contributed by atoms with E-state index in [2.05, 4.69) is 68.8 Å². The largest absolute Gasteiger partial charge is 0.477 e. The molecule has 0 radical (unpaired) electrons. The van der Waals surface area contributed by atoms with E-state index < -0.39 is 0 Å². The summed E-state index contributed by atoms with van der Waals surface area (Å²) in [6, 6.07) is 27.5. The van der Waals surface area contributed by atoms with Crippen molar-refractivity contribution in [3.8, 4) is 28.8 Å². The zero-order valence-corrected chi connectivity index (χ0v) is 21.9. The highest BCUT2D eigenvalue weighted by Gasteiger charge is 2.12. The molecule has 37 heavy (non-hydrogen) atoms. The SMILES string of the molecule is C=CCc1cc(/C=N/NC(=O)c2ccc(-n3c(C)ccc3-c3ccccc3)cc2)cc(Br)c1OCC#N. The second-order valence-electron chi connectivity index (χ2n) is 8.24. The average molecular weight is 553 g/mol. The van der Waals surface area contributed by atoms with Crippen molar-refractivity contribution in [2.45, 2.75) is 13.3 Å². The monoisotopic (exact) mass is 552 g/mol. The second kappa shape index (κ2) is 12.0. The molecule has 1 aromatic heterocycles. The number of allylic oxidation sites excluding steroid dienone is 1. The molecule has 0 saturated heterocycles. The van der Waals surface area contributed by atoms with Crippen LogP contribution >= 0.6 is 15.9 Å². The number of nitrogens with zero attached hydrogens (tertiary/aromatic N) is 3. The van der Waals surface area contributed by atoms with Crippen LogP contribution in [0.5, 0.6) is 5.75 Å². The maximum Gasteiger partial charge on any atom is 0.271 e. The maximum absolute atomic E-state index is 12.7. The van der Waals surface area contributed by atoms with Crippen LogP contribution in [0.4, 0.5) is 0 Å². The molecule has 0 spiro atoms. The minimum absolute atomic E-state index is 0.0531. The number of hydrazone groups is 1. The number of carbonyl (C=O) groups excluding carboxylic acids is 1. The molecule has 4 rings (SSSR count). The van der Waals surface area contributed by atoms with E-state index in [9.17, 15) is 4.79 Å². The summed E-state index contributed by atoms with van der Waals surface area (Å²) in [5, 5.41) is 12.9. The van der Waals surface area contributed by atoms with Crippen LogP contribution in [0, 0.1) is 18.3 Å². The summed E-state index contributed by atoms with van der Waals surface area (Å²) in [5.41, 5.74) is 9.00. The Kier molecular flexibility index (Phi) is 8.34. The number of benzene rings is 3. The average Bonchev–Trinajstić information content (AvgIpc) is 3.30. The highest BCUT2D eigenvalue weighted by molar-refractivity contribution is 9.10. The number of hydrogen-bond donors (Lipinski definition) is 1. The van der Waals surface area contributed by atoms with E-state index in [1.165, 1.54) is 0 Å². The molecular weight excluding hydrogens is 528 g/mol. The smallest absolute Gasteiger partial charge is 0.271 e. The molecule has 4 aromatic rings. The third-order valence-electron chi connectivity index (χ3n) is 5.70. The molecule has 0 fully saturated rings. The third-order valence-corrected chi connectivity index (χ3v) is 6.29. The number of carbonyl (C=O) groups is 1. The van der Waals surface area contributed by atoms with Gasteiger partial charge in [0.2, 0.25) is 0 Å². The summed E-state index contributed by atoms with van der Waals surface area (Å²) in [7, 11) is 0. The number of ether oxygens (including phenoxy) is 1. The van der Waals surface area contributed by atoms with Crippen LogP contribution in [0.2, 0.25) is 0 Å². The van der Waals surface area contributed by atoms with E-state index >= 15 is 0 Å². The Labute approximate surface area is 224 Å². The number of halogens is 1. The van der Waals surface area contributed by atoms with Gasteiger partial charge in [0.05, 0.1) is 16.4 Å². The van der Waals surface area contributed by atoms with E-state index in [-0.39, 0.29) is 12.5 Å². The second-order valence-corrected chi connectivity index (χ2v) is 9.09. The lowest BCUT2D eigenvalue weighted by Crippen LogP contribution is -2.17. The van der Waals surface area contributed by atoms with Crippen LogP contribution in [0.3, 0.4) is 0 Å². The summed E-state index contributed by atoms with van der Waals surface area (Å²) in [6.45, 7) is 5.78. The maximum atomic E-state index is 12.7. The molecule has 0 unspecified atom stereocenters. The van der Waals surface area contributed by atoms with Gasteiger partial charge < -0.3 is 9.30 Å². The Bertz CT molecular complexity index is 1480. The van der Waals surface area contributed by atoms with Crippen molar-refractivity contribution in [2.75, 3.05) is 6.61 Å². The van der Waals surface area contributed by atoms with Gasteiger partial charge in [0.1, 0.15) is 11.8 Å². The first-order valence-electron chi connectivity index (χ1n) is 11.6. The number of hydrogen-bond acceptors (Lipinski definition) is 4. The molecule has 0 atom stereocenters. The Hall–Kier alpha value is -4.41. The van der Waals surface area contributed by atoms with Gasteiger partial charge in [-0.05, 0) is 94.5 Å². The number of nitrogens with one attached hydrogen (secondary N) is 1. The van der Waals surface area contributed by atoms with Crippen molar-refractivity contribution in [1.82, 2.24) is 9.99 Å². The molecule has 6 nitrogen and oxygen atoms in total. The summed E-state index contributed by atoms with van der Waals surface area (Å²) in [5.74, 6) is 0.283. The van der Waals surface area contributed by atoms with Gasteiger partial charge in [-0.15, -0.1) is 6.58 Å². The standard InChI is InChI=1S/C30H25BrN4O2/c1-3-7-25-18-22(19-27(31)29(25)37-17-16-32)20-33-34-30(36)24-11-13-26(14-12-24)35-21(2)10-15-28(35)23-8-5-4-6-9-23/h3-6,8-15,18-20H,1,7,17H2,2H3,(H,34,36)/b33-20+. The first-order chi connectivity index (χ1) is 18.0. The van der Waals surface area contributed by atoms with E-state index in [1.807, 2.05) is 48.5 Å². The molecule has 184 valence electrons. The van der Waals surface area contributed by atoms with E-state index in [0.717, 1.165) is 33.8 Å². The number of nitriles is 1. The fraction of sp³-hybridized carbons (Fsp3) is 0.100. The topological polar surface area (TPSA) is 79.4 Å². The molecule has 0 aliphatic heterocycles. The predicted molar refractivity (Wildman–Crippen MR) is 150 cm³/mol. The van der Waals surface area contributed by atoms with Crippen LogP contribution in [0.25, 0.3) is 16.9 Å². The molecule has 1 amide bonds. The van der Waals surface area contributed by atoms with Crippen molar-refractivity contribution < 1.29 is 9.53 Å². The molecule has 3 aromatic carbocycles. The normalized spacial score (nSPS) is 10.7. The van der Waals surface area contributed by atoms with Crippen molar-refractivity contribution in [2.24, 2.45) is 5.10 Å². The van der Waals surface area contributed by atoms with E-state index in [4.69, 9.17) is 10.00 Å². The van der Waals surface area contributed by atoms with Crippen LogP contribution in [0.15, 0.2) is 101 Å². The van der Waals surface area contributed by atoms with Crippen molar-refractivity contribution in [3.05, 3.63) is 118 Å². The molecular formula is C30H25BrN4O2. The summed E-state index contributed by atoms with van der Waals surface area (Å²) < 4.78 is 8.39. The van der Waals surface area contributed by atoms with Gasteiger partial charge in [-0.3, -0.25) is 4.79 Å². The fourth-order valence-corrected chi connectivity index (χ4v) is 4.66. The van der Waals surface area contributed by atoms with Crippen LogP contribution in [-0.4, -0.2) is 23.3 Å². The first kappa shape index (κ1) is 25.7. The molecule has 1 N–H and O–H groups in total. The zero-order valence-electron chi connectivity index (χ0n) is 20.3. The van der Waals surface area contributed by atoms with Gasteiger partial charge in [0.25, 0.3) is 5.91 Å². The van der Waals surface area contributed by atoms with Gasteiger partial charge in [0.15, 0.2) is 6.61 Å². The zero-order chi connectivity index (χ0) is 26.2. The van der Waals surface area contributed by atoms with Crippen LogP contribution in [0.1, 0.15) is 27.2 Å². The van der Waals surface area contributed by atoms with Crippen molar-refractivity contribution in [3.63, 3.8) is 0 Å². The predicted octanol–water partition coefficient (Wildman–Crippen LogP) is 6.61. The van der Waals surface area contributed by atoms with Crippen LogP contribution in [-0.2, 0) is 6.42 Å². The quantitative estimate of drug-likeness (QED) is 0.144. The van der Waals surface area contributed by atoms with Gasteiger partial charge in [-0.1, -0.05) is 36.4 Å². The number of amides is 1. The number of aryl methyl sites for hydroxylation is 1. The summed E-state index contributed by atoms with van der Waals surface area (Å²) in [6.07, 6.45) is 3.88. The van der Waals surface area contributed by atoms with Crippen molar-refractivity contribution in [1.29, 1.82) is 5.26 Å². The Morgan fingerprint density at radius 1 is 1.14 bits per heavy atom. The van der Waals surface area contributed by atoms with Crippen molar-refractivity contribution >= 4 is 28.1 Å². The van der Waals surface area contributed by atoms with Gasteiger partial charge in [0, 0.05) is 16.9 Å². The lowest BCUT2D eigenvalue weighted by atomic mass is 10.1. The number of rotatable bonds is 9. The first-order valence-corrected chi connectivity index (χ1v) is 12.4. The lowest BCUT2D eigenvalue weighted by molar-refractivity contribution is 0.0955. The van der Waals surface area contributed by atoms with Crippen LogP contribution < -0.4 is 10.2 Å². The Balaban J connectivity index is 1.48. The molecule has 7 heteroatoms.